The van der Waals surface area contributed by atoms with Gasteiger partial charge in [0.25, 0.3) is 5.91 Å². The first-order valence-corrected chi connectivity index (χ1v) is 13.6. The molecular formula is C29H34F6N2O2. The average molecular weight is 557 g/mol. The number of likely N-dealkylation sites (N-methyl/N-ethyl adjacent to an activating group) is 1. The first-order valence-electron chi connectivity index (χ1n) is 13.6. The number of hydrogen-bond acceptors (Lipinski definition) is 2. The molecule has 4 nitrogen and oxygen atoms in total. The number of hydrogen-bond donors (Lipinski definition) is 1. The maximum atomic E-state index is 13.3. The molecule has 3 aliphatic carbocycles. The number of carbonyl (C=O) groups excluding carboxylic acids is 2. The summed E-state index contributed by atoms with van der Waals surface area (Å²) in [4.78, 5) is 27.0. The number of rotatable bonds is 3. The van der Waals surface area contributed by atoms with Crippen LogP contribution in [0.1, 0.15) is 73.9 Å². The quantitative estimate of drug-likeness (QED) is 0.421. The van der Waals surface area contributed by atoms with E-state index in [0.29, 0.717) is 29.9 Å². The third-order valence-electron chi connectivity index (χ3n) is 10.7. The van der Waals surface area contributed by atoms with Crippen molar-refractivity contribution in [3.8, 4) is 0 Å². The lowest BCUT2D eigenvalue weighted by molar-refractivity contribution is -0.143. The van der Waals surface area contributed by atoms with Crippen LogP contribution in [0, 0.1) is 34.5 Å². The molecule has 1 aromatic carbocycles. The first-order chi connectivity index (χ1) is 18.1. The van der Waals surface area contributed by atoms with Gasteiger partial charge in [0.2, 0.25) is 5.91 Å². The van der Waals surface area contributed by atoms with Gasteiger partial charge in [-0.2, -0.15) is 26.3 Å². The summed E-state index contributed by atoms with van der Waals surface area (Å²) in [6, 6.07) is 1.16. The minimum Gasteiger partial charge on any atom is -0.352 e. The summed E-state index contributed by atoms with van der Waals surface area (Å²) in [5, 5.41) is 2.66. The monoisotopic (exact) mass is 556 g/mol. The molecule has 1 aliphatic heterocycles. The molecule has 1 aromatic rings. The Balaban J connectivity index is 1.31. The minimum atomic E-state index is -5.01. The molecule has 3 saturated carbocycles. The van der Waals surface area contributed by atoms with Crippen LogP contribution in [0.25, 0.3) is 0 Å². The number of amides is 2. The summed E-state index contributed by atoms with van der Waals surface area (Å²) >= 11 is 0. The molecule has 1 N–H and O–H groups in total. The molecule has 0 saturated heterocycles. The number of benzene rings is 1. The molecular weight excluding hydrogens is 522 g/mol. The summed E-state index contributed by atoms with van der Waals surface area (Å²) < 4.78 is 79.5. The second-order valence-corrected chi connectivity index (χ2v) is 12.4. The van der Waals surface area contributed by atoms with Crippen molar-refractivity contribution < 1.29 is 35.9 Å². The van der Waals surface area contributed by atoms with Crippen LogP contribution >= 0.6 is 0 Å². The number of halogens is 6. The Morgan fingerprint density at radius 1 is 0.949 bits per heavy atom. The van der Waals surface area contributed by atoms with E-state index in [2.05, 4.69) is 25.2 Å². The second kappa shape index (κ2) is 9.26. The largest absolute Gasteiger partial charge is 0.416 e. The van der Waals surface area contributed by atoms with Gasteiger partial charge >= 0.3 is 12.4 Å². The zero-order chi connectivity index (χ0) is 28.5. The van der Waals surface area contributed by atoms with E-state index in [1.807, 2.05) is 11.9 Å². The van der Waals surface area contributed by atoms with E-state index in [-0.39, 0.29) is 41.3 Å². The Morgan fingerprint density at radius 3 is 2.21 bits per heavy atom. The fourth-order valence-electron chi connectivity index (χ4n) is 8.59. The number of nitrogens with zero attached hydrogens (tertiary/aromatic N) is 1. The van der Waals surface area contributed by atoms with Gasteiger partial charge in [0.15, 0.2) is 0 Å². The molecule has 3 fully saturated rings. The molecule has 0 unspecified atom stereocenters. The molecule has 0 radical (unpaired) electrons. The van der Waals surface area contributed by atoms with Crippen molar-refractivity contribution in [1.29, 1.82) is 0 Å². The highest BCUT2D eigenvalue weighted by Crippen LogP contribution is 2.65. The number of alkyl halides is 6. The van der Waals surface area contributed by atoms with Crippen molar-refractivity contribution in [3.63, 3.8) is 0 Å². The normalized spacial score (nSPS) is 36.3. The summed E-state index contributed by atoms with van der Waals surface area (Å²) in [6.45, 7) is 4.69. The van der Waals surface area contributed by atoms with E-state index in [9.17, 15) is 35.9 Å². The van der Waals surface area contributed by atoms with Gasteiger partial charge in [0.05, 0.1) is 11.1 Å². The fraction of sp³-hybridized carbons (Fsp3) is 0.655. The minimum absolute atomic E-state index is 0.0300. The molecule has 39 heavy (non-hydrogen) atoms. The Hall–Kier alpha value is -2.52. The van der Waals surface area contributed by atoms with Crippen LogP contribution in [0.4, 0.5) is 26.3 Å². The lowest BCUT2D eigenvalue weighted by Crippen LogP contribution is -2.59. The predicted octanol–water partition coefficient (Wildman–Crippen LogP) is 6.71. The van der Waals surface area contributed by atoms with Gasteiger partial charge in [-0.15, -0.1) is 0 Å². The summed E-state index contributed by atoms with van der Waals surface area (Å²) in [6.07, 6.45) is -0.560. The van der Waals surface area contributed by atoms with Crippen LogP contribution in [0.5, 0.6) is 0 Å². The maximum Gasteiger partial charge on any atom is 0.416 e. The van der Waals surface area contributed by atoms with Crippen LogP contribution in [0.3, 0.4) is 0 Å². The first kappa shape index (κ1) is 28.0. The number of nitrogens with one attached hydrogen (secondary N) is 1. The van der Waals surface area contributed by atoms with Gasteiger partial charge in [-0.1, -0.05) is 19.9 Å². The second-order valence-electron chi connectivity index (χ2n) is 12.4. The zero-order valence-corrected chi connectivity index (χ0v) is 22.3. The predicted molar refractivity (Wildman–Crippen MR) is 132 cm³/mol. The molecule has 5 rings (SSSR count). The zero-order valence-electron chi connectivity index (χ0n) is 22.3. The Kier molecular flexibility index (Phi) is 6.66. The standard InChI is InChI=1S/C29H34F6N2O2/c1-26-10-8-22-20(5-7-23-27(22,2)11-9-24(38)37(23)3)21(26)6-4-17(26)15-36-25(39)16-12-18(28(30,31)32)14-19(13-16)29(33,34)35/h9,11-14,17,20-23H,4-8,10,15H2,1-3H3,(H,36,39)/t17-,20+,21+,22+,23-,26-,27-/m1/s1. The highest BCUT2D eigenvalue weighted by Gasteiger charge is 2.60. The van der Waals surface area contributed by atoms with E-state index < -0.39 is 35.0 Å². The topological polar surface area (TPSA) is 49.4 Å². The van der Waals surface area contributed by atoms with Crippen LogP contribution < -0.4 is 5.32 Å². The number of fused-ring (bicyclic) bond motifs is 5. The van der Waals surface area contributed by atoms with Crippen LogP contribution in [-0.4, -0.2) is 36.3 Å². The lowest BCUT2D eigenvalue weighted by Gasteiger charge is -2.60. The average Bonchev–Trinajstić information content (AvgIpc) is 3.20. The van der Waals surface area contributed by atoms with E-state index >= 15 is 0 Å². The molecule has 4 aliphatic rings. The highest BCUT2D eigenvalue weighted by molar-refractivity contribution is 5.94. The van der Waals surface area contributed by atoms with E-state index in [1.165, 1.54) is 0 Å². The molecule has 7 atom stereocenters. The van der Waals surface area contributed by atoms with Gasteiger partial charge < -0.3 is 10.2 Å². The van der Waals surface area contributed by atoms with Crippen molar-refractivity contribution in [2.24, 2.45) is 34.5 Å². The number of carbonyl (C=O) groups is 2. The molecule has 2 amide bonds. The Bertz CT molecular complexity index is 1160. The van der Waals surface area contributed by atoms with Crippen LogP contribution in [0.15, 0.2) is 30.4 Å². The van der Waals surface area contributed by atoms with Gasteiger partial charge in [-0.05, 0) is 91.9 Å². The SMILES string of the molecule is CN1C(=O)C=C[C@]2(C)[C@H]3CC[C@]4(C)[C@@H](CNC(=O)c5cc(C(F)(F)F)cc(C(F)(F)F)c5)CC[C@H]4[C@@H]3CC[C@@H]12. The van der Waals surface area contributed by atoms with Crippen molar-refractivity contribution in [2.75, 3.05) is 13.6 Å². The molecule has 1 heterocycles. The fourth-order valence-corrected chi connectivity index (χ4v) is 8.59. The summed E-state index contributed by atoms with van der Waals surface area (Å²) in [5.41, 5.74) is -3.82. The van der Waals surface area contributed by atoms with Gasteiger partial charge in [0, 0.05) is 30.6 Å². The van der Waals surface area contributed by atoms with E-state index in [0.717, 1.165) is 38.5 Å². The molecule has 0 spiro atoms. The van der Waals surface area contributed by atoms with Crippen LogP contribution in [-0.2, 0) is 17.1 Å². The Morgan fingerprint density at radius 2 is 1.59 bits per heavy atom. The lowest BCUT2D eigenvalue weighted by atomic mass is 9.47. The van der Waals surface area contributed by atoms with Crippen molar-refractivity contribution in [3.05, 3.63) is 47.0 Å². The van der Waals surface area contributed by atoms with E-state index in [4.69, 9.17) is 0 Å². The van der Waals surface area contributed by atoms with Crippen molar-refractivity contribution in [1.82, 2.24) is 10.2 Å². The van der Waals surface area contributed by atoms with Gasteiger partial charge in [0.1, 0.15) is 0 Å². The van der Waals surface area contributed by atoms with Crippen molar-refractivity contribution >= 4 is 11.8 Å². The Labute approximate surface area is 224 Å². The molecule has 10 heteroatoms. The third-order valence-corrected chi connectivity index (χ3v) is 10.7. The van der Waals surface area contributed by atoms with Gasteiger partial charge in [-0.25, -0.2) is 0 Å². The van der Waals surface area contributed by atoms with Crippen LogP contribution in [0.2, 0.25) is 0 Å². The maximum absolute atomic E-state index is 13.3. The molecule has 214 valence electrons. The molecule has 0 bridgehead atoms. The van der Waals surface area contributed by atoms with E-state index in [1.54, 1.807) is 6.08 Å². The van der Waals surface area contributed by atoms with Gasteiger partial charge in [-0.3, -0.25) is 9.59 Å². The highest BCUT2D eigenvalue weighted by atomic mass is 19.4. The third kappa shape index (κ3) is 4.65. The van der Waals surface area contributed by atoms with Crippen molar-refractivity contribution in [2.45, 2.75) is 70.8 Å². The molecule has 0 aromatic heterocycles. The smallest absolute Gasteiger partial charge is 0.352 e. The summed E-state index contributed by atoms with van der Waals surface area (Å²) in [7, 11) is 1.87. The summed E-state index contributed by atoms with van der Waals surface area (Å²) in [5.74, 6) is 0.501.